The van der Waals surface area contributed by atoms with Gasteiger partial charge >= 0.3 is 0 Å². The maximum Gasteiger partial charge on any atom is 0.270 e. The van der Waals surface area contributed by atoms with Crippen molar-refractivity contribution in [1.29, 1.82) is 0 Å². The zero-order valence-corrected chi connectivity index (χ0v) is 17.4. The minimum atomic E-state index is -3.88. The van der Waals surface area contributed by atoms with Crippen LogP contribution in [-0.4, -0.2) is 24.5 Å². The van der Waals surface area contributed by atoms with Crippen LogP contribution in [0, 0.1) is 6.92 Å². The van der Waals surface area contributed by atoms with Crippen LogP contribution in [0.3, 0.4) is 0 Å². The summed E-state index contributed by atoms with van der Waals surface area (Å²) in [5.41, 5.74) is 2.29. The number of sulfonamides is 1. The van der Waals surface area contributed by atoms with Crippen LogP contribution in [-0.2, 0) is 10.0 Å². The van der Waals surface area contributed by atoms with E-state index < -0.39 is 22.0 Å². The number of benzene rings is 2. The number of aromatic nitrogens is 2. The second kappa shape index (κ2) is 8.36. The zero-order chi connectivity index (χ0) is 20.3. The standard InChI is InChI=1S/C18H17ClN4O3S2/c1-11-3-5-13(6-4-11)12(2)23-28(25,26)18-22-21-17(27-18)20-16(24)14-7-9-15(19)10-8-14/h3-10,12,23H,1-2H3,(H,20,21,24). The molecule has 0 fully saturated rings. The lowest BCUT2D eigenvalue weighted by atomic mass is 10.1. The summed E-state index contributed by atoms with van der Waals surface area (Å²) in [6.45, 7) is 3.70. The van der Waals surface area contributed by atoms with Gasteiger partial charge in [-0.1, -0.05) is 52.8 Å². The van der Waals surface area contributed by atoms with Gasteiger partial charge in [-0.25, -0.2) is 13.1 Å². The van der Waals surface area contributed by atoms with E-state index in [1.807, 2.05) is 31.2 Å². The van der Waals surface area contributed by atoms with Crippen molar-refractivity contribution in [2.24, 2.45) is 0 Å². The molecule has 3 rings (SSSR count). The molecule has 2 aromatic carbocycles. The zero-order valence-electron chi connectivity index (χ0n) is 15.0. The van der Waals surface area contributed by atoms with Crippen LogP contribution >= 0.6 is 22.9 Å². The smallest absolute Gasteiger partial charge is 0.270 e. The average molecular weight is 437 g/mol. The van der Waals surface area contributed by atoms with E-state index in [0.29, 0.717) is 10.6 Å². The molecule has 1 unspecified atom stereocenters. The van der Waals surface area contributed by atoms with Crippen molar-refractivity contribution < 1.29 is 13.2 Å². The summed E-state index contributed by atoms with van der Waals surface area (Å²) in [5, 5.41) is 10.6. The van der Waals surface area contributed by atoms with E-state index >= 15 is 0 Å². The van der Waals surface area contributed by atoms with Crippen molar-refractivity contribution in [2.45, 2.75) is 24.2 Å². The first kappa shape index (κ1) is 20.4. The Balaban J connectivity index is 1.70. The van der Waals surface area contributed by atoms with E-state index in [1.54, 1.807) is 31.2 Å². The first-order chi connectivity index (χ1) is 13.2. The molecule has 1 heterocycles. The number of anilines is 1. The molecule has 3 aromatic rings. The van der Waals surface area contributed by atoms with Gasteiger partial charge in [-0.15, -0.1) is 10.2 Å². The van der Waals surface area contributed by atoms with E-state index in [9.17, 15) is 13.2 Å². The highest BCUT2D eigenvalue weighted by molar-refractivity contribution is 7.91. The summed E-state index contributed by atoms with van der Waals surface area (Å²) in [6, 6.07) is 13.4. The molecule has 146 valence electrons. The Morgan fingerprint density at radius 2 is 1.71 bits per heavy atom. The van der Waals surface area contributed by atoms with Gasteiger partial charge in [0.2, 0.25) is 9.47 Å². The van der Waals surface area contributed by atoms with Crippen molar-refractivity contribution >= 4 is 44.0 Å². The van der Waals surface area contributed by atoms with Crippen molar-refractivity contribution in [3.8, 4) is 0 Å². The minimum absolute atomic E-state index is 0.0864. The molecule has 1 aromatic heterocycles. The summed E-state index contributed by atoms with van der Waals surface area (Å²) in [5.74, 6) is -0.433. The van der Waals surface area contributed by atoms with Gasteiger partial charge in [0.1, 0.15) is 0 Å². The summed E-state index contributed by atoms with van der Waals surface area (Å²) in [6.07, 6.45) is 0. The monoisotopic (exact) mass is 436 g/mol. The number of amides is 1. The number of halogens is 1. The lowest BCUT2D eigenvalue weighted by Crippen LogP contribution is -2.26. The highest BCUT2D eigenvalue weighted by atomic mass is 35.5. The predicted molar refractivity (Wildman–Crippen MR) is 109 cm³/mol. The van der Waals surface area contributed by atoms with Crippen molar-refractivity contribution in [1.82, 2.24) is 14.9 Å². The van der Waals surface area contributed by atoms with Crippen LogP contribution in [0.1, 0.15) is 34.5 Å². The van der Waals surface area contributed by atoms with Gasteiger partial charge in [-0.2, -0.15) is 0 Å². The molecule has 10 heteroatoms. The van der Waals surface area contributed by atoms with E-state index in [-0.39, 0.29) is 9.47 Å². The number of carbonyl (C=O) groups is 1. The van der Waals surface area contributed by atoms with Crippen molar-refractivity contribution in [3.05, 3.63) is 70.2 Å². The summed E-state index contributed by atoms with van der Waals surface area (Å²) < 4.78 is 27.5. The van der Waals surface area contributed by atoms with Gasteiger partial charge in [0.15, 0.2) is 0 Å². The van der Waals surface area contributed by atoms with Crippen LogP contribution < -0.4 is 10.0 Å². The lowest BCUT2D eigenvalue weighted by Gasteiger charge is -2.13. The second-order valence-corrected chi connectivity index (χ2v) is 9.39. The minimum Gasteiger partial charge on any atom is -0.296 e. The lowest BCUT2D eigenvalue weighted by molar-refractivity contribution is 0.102. The van der Waals surface area contributed by atoms with Gasteiger partial charge in [0.05, 0.1) is 0 Å². The van der Waals surface area contributed by atoms with E-state index in [1.165, 1.54) is 0 Å². The number of nitrogens with one attached hydrogen (secondary N) is 2. The normalized spacial score (nSPS) is 12.5. The molecule has 1 atom stereocenters. The molecule has 0 aliphatic rings. The van der Waals surface area contributed by atoms with Crippen LogP contribution in [0.4, 0.5) is 5.13 Å². The van der Waals surface area contributed by atoms with Gasteiger partial charge in [0, 0.05) is 16.6 Å². The number of aryl methyl sites for hydroxylation is 1. The number of hydrogen-bond donors (Lipinski definition) is 2. The number of rotatable bonds is 6. The molecule has 0 radical (unpaired) electrons. The van der Waals surface area contributed by atoms with E-state index in [4.69, 9.17) is 11.6 Å². The molecule has 0 spiro atoms. The summed E-state index contributed by atoms with van der Waals surface area (Å²) in [7, 11) is -3.88. The number of carbonyl (C=O) groups excluding carboxylic acids is 1. The highest BCUT2D eigenvalue weighted by Gasteiger charge is 2.23. The fourth-order valence-electron chi connectivity index (χ4n) is 2.35. The van der Waals surface area contributed by atoms with Crippen LogP contribution in [0.15, 0.2) is 52.9 Å². The van der Waals surface area contributed by atoms with Gasteiger partial charge < -0.3 is 0 Å². The Kier molecular flexibility index (Phi) is 6.09. The molecule has 28 heavy (non-hydrogen) atoms. The number of nitrogens with zero attached hydrogens (tertiary/aromatic N) is 2. The third-order valence-electron chi connectivity index (χ3n) is 3.87. The average Bonchev–Trinajstić information content (AvgIpc) is 3.12. The fraction of sp³-hybridized carbons (Fsp3) is 0.167. The van der Waals surface area contributed by atoms with Crippen LogP contribution in [0.2, 0.25) is 5.02 Å². The van der Waals surface area contributed by atoms with Crippen LogP contribution in [0.5, 0.6) is 0 Å². The quantitative estimate of drug-likeness (QED) is 0.572. The van der Waals surface area contributed by atoms with E-state index in [0.717, 1.165) is 22.5 Å². The molecule has 0 aliphatic heterocycles. The second-order valence-electron chi connectivity index (χ2n) is 6.09. The Morgan fingerprint density at radius 3 is 2.36 bits per heavy atom. The maximum atomic E-state index is 12.6. The largest absolute Gasteiger partial charge is 0.296 e. The molecule has 0 bridgehead atoms. The molecular weight excluding hydrogens is 420 g/mol. The predicted octanol–water partition coefficient (Wildman–Crippen LogP) is 3.79. The summed E-state index contributed by atoms with van der Waals surface area (Å²) in [4.78, 5) is 12.2. The van der Waals surface area contributed by atoms with Crippen molar-refractivity contribution in [2.75, 3.05) is 5.32 Å². The first-order valence-corrected chi connectivity index (χ1v) is 10.9. The third-order valence-corrected chi connectivity index (χ3v) is 6.87. The summed E-state index contributed by atoms with van der Waals surface area (Å²) >= 11 is 6.57. The molecule has 7 nitrogen and oxygen atoms in total. The Bertz CT molecular complexity index is 1080. The van der Waals surface area contributed by atoms with E-state index in [2.05, 4.69) is 20.2 Å². The molecule has 0 saturated heterocycles. The SMILES string of the molecule is Cc1ccc(C(C)NS(=O)(=O)c2nnc(NC(=O)c3ccc(Cl)cc3)s2)cc1. The van der Waals surface area contributed by atoms with Crippen LogP contribution in [0.25, 0.3) is 0 Å². The van der Waals surface area contributed by atoms with Gasteiger partial charge in [-0.05, 0) is 43.7 Å². The fourth-order valence-corrected chi connectivity index (χ4v) is 4.61. The maximum absolute atomic E-state index is 12.6. The Hall–Kier alpha value is -2.33. The molecule has 2 N–H and O–H groups in total. The first-order valence-electron chi connectivity index (χ1n) is 8.24. The number of hydrogen-bond acceptors (Lipinski definition) is 6. The topological polar surface area (TPSA) is 101 Å². The van der Waals surface area contributed by atoms with Gasteiger partial charge in [-0.3, -0.25) is 10.1 Å². The molecular formula is C18H17ClN4O3S2. The highest BCUT2D eigenvalue weighted by Crippen LogP contribution is 2.23. The third kappa shape index (κ3) is 4.93. The molecule has 1 amide bonds. The molecule has 0 aliphatic carbocycles. The van der Waals surface area contributed by atoms with Crippen molar-refractivity contribution in [3.63, 3.8) is 0 Å². The Labute approximate surface area is 171 Å². The van der Waals surface area contributed by atoms with Gasteiger partial charge in [0.25, 0.3) is 15.9 Å². The molecule has 0 saturated carbocycles. The Morgan fingerprint density at radius 1 is 1.07 bits per heavy atom.